The van der Waals surface area contributed by atoms with E-state index in [1.165, 1.54) is 0 Å². The predicted octanol–water partition coefficient (Wildman–Crippen LogP) is 0.623. The van der Waals surface area contributed by atoms with Gasteiger partial charge in [0.05, 0.1) is 5.69 Å². The van der Waals surface area contributed by atoms with E-state index in [-0.39, 0.29) is 10.4 Å². The maximum absolute atomic E-state index is 13.7. The molecule has 0 unspecified atom stereocenters. The Labute approximate surface area is 124 Å². The lowest BCUT2D eigenvalue weighted by molar-refractivity contribution is -0.144. The van der Waals surface area contributed by atoms with E-state index in [0.717, 1.165) is 29.1 Å². The first kappa shape index (κ1) is 15.9. The summed E-state index contributed by atoms with van der Waals surface area (Å²) in [5, 5.41) is 3.23. The van der Waals surface area contributed by atoms with Crippen molar-refractivity contribution in [2.75, 3.05) is 6.26 Å². The Balaban J connectivity index is 2.54. The van der Waals surface area contributed by atoms with Gasteiger partial charge in [-0.15, -0.1) is 5.10 Å². The third-order valence-electron chi connectivity index (χ3n) is 2.45. The summed E-state index contributed by atoms with van der Waals surface area (Å²) in [6, 6.07) is 2.87. The van der Waals surface area contributed by atoms with Crippen molar-refractivity contribution < 1.29 is 26.0 Å². The van der Waals surface area contributed by atoms with Crippen LogP contribution in [-0.2, 0) is 16.0 Å². The van der Waals surface area contributed by atoms with Crippen LogP contribution in [0.1, 0.15) is 5.82 Å². The van der Waals surface area contributed by atoms with Gasteiger partial charge < -0.3 is 0 Å². The minimum absolute atomic E-state index is 0.0760. The zero-order valence-electron chi connectivity index (χ0n) is 10.4. The van der Waals surface area contributed by atoms with Crippen molar-refractivity contribution in [2.24, 2.45) is 0 Å². The van der Waals surface area contributed by atoms with Gasteiger partial charge in [-0.25, -0.2) is 22.5 Å². The number of alkyl halides is 3. The quantitative estimate of drug-likeness (QED) is 0.596. The largest absolute Gasteiger partial charge is 0.453 e. The molecular formula is C10H6AlF4N3O2S. The lowest BCUT2D eigenvalue weighted by atomic mass is 10.3. The van der Waals surface area contributed by atoms with E-state index in [4.69, 9.17) is 0 Å². The summed E-state index contributed by atoms with van der Waals surface area (Å²) >= 11 is 1.94. The SMILES string of the molecule is CS(=O)(=O)c1ccc(-n2nc(C(F)(F)F)n[c]2[Al])cc1F. The van der Waals surface area contributed by atoms with Gasteiger partial charge in [0, 0.05) is 17.0 Å². The zero-order valence-corrected chi connectivity index (χ0v) is 12.4. The molecule has 0 spiro atoms. The molecule has 0 aliphatic heterocycles. The summed E-state index contributed by atoms with van der Waals surface area (Å²) in [4.78, 5) is 2.66. The Hall–Kier alpha value is -1.44. The number of benzene rings is 1. The highest BCUT2D eigenvalue weighted by molar-refractivity contribution is 7.90. The van der Waals surface area contributed by atoms with Gasteiger partial charge in [0.15, 0.2) is 9.84 Å². The van der Waals surface area contributed by atoms with Crippen LogP contribution in [-0.4, -0.2) is 45.7 Å². The summed E-state index contributed by atoms with van der Waals surface area (Å²) in [5.41, 5.74) is -0.0760. The zero-order chi connectivity index (χ0) is 16.0. The molecule has 110 valence electrons. The Morgan fingerprint density at radius 3 is 2.33 bits per heavy atom. The van der Waals surface area contributed by atoms with E-state index in [0.29, 0.717) is 0 Å². The molecule has 0 fully saturated rings. The first-order chi connectivity index (χ1) is 9.50. The molecule has 1 heterocycles. The molecule has 0 aliphatic rings. The van der Waals surface area contributed by atoms with Gasteiger partial charge in [-0.2, -0.15) is 13.2 Å². The second-order valence-electron chi connectivity index (χ2n) is 4.09. The van der Waals surface area contributed by atoms with Crippen LogP contribution in [0.5, 0.6) is 0 Å². The Kier molecular flexibility index (Phi) is 3.86. The minimum atomic E-state index is -4.73. The molecule has 21 heavy (non-hydrogen) atoms. The Morgan fingerprint density at radius 1 is 1.29 bits per heavy atom. The lowest BCUT2D eigenvalue weighted by Gasteiger charge is -2.06. The number of aromatic nitrogens is 3. The van der Waals surface area contributed by atoms with Crippen molar-refractivity contribution in [1.82, 2.24) is 14.8 Å². The second-order valence-corrected chi connectivity index (χ2v) is 6.59. The highest BCUT2D eigenvalue weighted by Gasteiger charge is 2.36. The molecule has 0 aliphatic carbocycles. The Bertz CT molecular complexity index is 801. The van der Waals surface area contributed by atoms with Crippen molar-refractivity contribution >= 4 is 30.8 Å². The third kappa shape index (κ3) is 3.25. The van der Waals surface area contributed by atoms with Crippen LogP contribution in [0.2, 0.25) is 0 Å². The first-order valence-electron chi connectivity index (χ1n) is 5.30. The van der Waals surface area contributed by atoms with Crippen LogP contribution in [0.25, 0.3) is 5.69 Å². The summed E-state index contributed by atoms with van der Waals surface area (Å²) < 4.78 is 74.3. The normalized spacial score (nSPS) is 12.6. The topological polar surface area (TPSA) is 64.8 Å². The van der Waals surface area contributed by atoms with Gasteiger partial charge in [0.25, 0.3) is 5.82 Å². The third-order valence-corrected chi connectivity index (χ3v) is 3.95. The maximum Gasteiger partial charge on any atom is 0.453 e. The summed E-state index contributed by atoms with van der Waals surface area (Å²) in [6.45, 7) is 0. The standard InChI is InChI=1S/C10H6F4N3O2S.Al/c1-20(18,19)8-3-2-6(4-7(8)11)17-5-15-9(16-17)10(12,13)14;/h2-4H,1H3;. The number of hydrogen-bond donors (Lipinski definition) is 0. The summed E-state index contributed by atoms with van der Waals surface area (Å²) in [6.07, 6.45) is -3.91. The summed E-state index contributed by atoms with van der Waals surface area (Å²) in [7, 11) is -3.77. The van der Waals surface area contributed by atoms with Gasteiger partial charge in [-0.1, -0.05) is 0 Å². The molecule has 11 heteroatoms. The van der Waals surface area contributed by atoms with Crippen LogP contribution in [0.4, 0.5) is 17.6 Å². The van der Waals surface area contributed by atoms with Gasteiger partial charge in [-0.05, 0) is 12.1 Å². The monoisotopic (exact) mass is 335 g/mol. The molecule has 1 aromatic carbocycles. The molecule has 0 saturated carbocycles. The number of hydrogen-bond acceptors (Lipinski definition) is 4. The van der Waals surface area contributed by atoms with Crippen LogP contribution in [0.3, 0.4) is 0 Å². The van der Waals surface area contributed by atoms with E-state index < -0.39 is 32.6 Å². The number of rotatable bonds is 2. The molecule has 0 bridgehead atoms. The number of sulfone groups is 1. The minimum Gasteiger partial charge on any atom is -0.238 e. The fourth-order valence-corrected chi connectivity index (χ4v) is 2.61. The molecular weight excluding hydrogens is 329 g/mol. The van der Waals surface area contributed by atoms with Crippen LogP contribution >= 0.6 is 0 Å². The molecule has 0 atom stereocenters. The fourth-order valence-electron chi connectivity index (χ4n) is 1.56. The second kappa shape index (κ2) is 5.08. The highest BCUT2D eigenvalue weighted by atomic mass is 32.2. The molecule has 0 saturated heterocycles. The highest BCUT2D eigenvalue weighted by Crippen LogP contribution is 2.26. The van der Waals surface area contributed by atoms with Gasteiger partial charge >= 0.3 is 6.18 Å². The van der Waals surface area contributed by atoms with Crippen molar-refractivity contribution in [3.05, 3.63) is 29.8 Å². The summed E-state index contributed by atoms with van der Waals surface area (Å²) in [5.74, 6) is -2.46. The van der Waals surface area contributed by atoms with Gasteiger partial charge in [-0.3, -0.25) is 0 Å². The van der Waals surface area contributed by atoms with E-state index >= 15 is 0 Å². The molecule has 0 N–H and O–H groups in total. The van der Waals surface area contributed by atoms with Crippen molar-refractivity contribution in [2.45, 2.75) is 11.1 Å². The first-order valence-corrected chi connectivity index (χ1v) is 7.77. The van der Waals surface area contributed by atoms with Crippen LogP contribution in [0, 0.1) is 5.82 Å². The molecule has 5 nitrogen and oxygen atoms in total. The predicted molar refractivity (Wildman–Crippen MR) is 64.8 cm³/mol. The number of nitrogens with zero attached hydrogens (tertiary/aromatic N) is 3. The lowest BCUT2D eigenvalue weighted by Crippen LogP contribution is -2.19. The molecule has 2 radical (unpaired) electrons. The van der Waals surface area contributed by atoms with E-state index in [1.54, 1.807) is 0 Å². The molecule has 1 aromatic heterocycles. The van der Waals surface area contributed by atoms with E-state index in [2.05, 4.69) is 10.1 Å². The van der Waals surface area contributed by atoms with Crippen LogP contribution < -0.4 is 4.69 Å². The average molecular weight is 335 g/mol. The molecule has 0 amide bonds. The fraction of sp³-hybridized carbons (Fsp3) is 0.200. The number of halogens is 4. The van der Waals surface area contributed by atoms with Gasteiger partial charge in [0.1, 0.15) is 10.7 Å². The molecule has 2 rings (SSSR count). The molecule has 2 aromatic rings. The Morgan fingerprint density at radius 2 is 1.90 bits per heavy atom. The van der Waals surface area contributed by atoms with E-state index in [1.807, 2.05) is 16.3 Å². The smallest absolute Gasteiger partial charge is 0.238 e. The van der Waals surface area contributed by atoms with Crippen LogP contribution in [0.15, 0.2) is 23.1 Å². The van der Waals surface area contributed by atoms with Gasteiger partial charge in [0.2, 0.25) is 16.3 Å². The maximum atomic E-state index is 13.7. The van der Waals surface area contributed by atoms with E-state index in [9.17, 15) is 26.0 Å². The van der Waals surface area contributed by atoms with Crippen molar-refractivity contribution in [3.63, 3.8) is 0 Å². The average Bonchev–Trinajstić information content (AvgIpc) is 2.69. The van der Waals surface area contributed by atoms with Crippen molar-refractivity contribution in [1.29, 1.82) is 0 Å². The van der Waals surface area contributed by atoms with Crippen molar-refractivity contribution in [3.8, 4) is 5.69 Å².